The van der Waals surface area contributed by atoms with E-state index in [0.29, 0.717) is 63.4 Å². The summed E-state index contributed by atoms with van der Waals surface area (Å²) in [4.78, 5) is 24.7. The summed E-state index contributed by atoms with van der Waals surface area (Å²) in [6.45, 7) is 15.9. The Morgan fingerprint density at radius 3 is 1.67 bits per heavy atom. The van der Waals surface area contributed by atoms with Crippen LogP contribution in [0.4, 0.5) is 0 Å². The predicted octanol–water partition coefficient (Wildman–Crippen LogP) is 11.5. The SMILES string of the molecule is C=C(C)C(=O)OCCCc1cc(C2CCC(C3CCC(C4CCC(CCCCC)CC4)CC3)CC2)cc(CCCOC(=O)C(C)(C)C)c1OCCC(C)(CO)CO. The minimum Gasteiger partial charge on any atom is -0.493 e. The van der Waals surface area contributed by atoms with Crippen molar-refractivity contribution < 1.29 is 34.0 Å². The predicted molar refractivity (Wildman–Crippen MR) is 231 cm³/mol. The largest absolute Gasteiger partial charge is 0.493 e. The van der Waals surface area contributed by atoms with Crippen molar-refractivity contribution in [3.8, 4) is 5.75 Å². The molecule has 57 heavy (non-hydrogen) atoms. The molecule has 0 radical (unpaired) electrons. The lowest BCUT2D eigenvalue weighted by atomic mass is 9.64. The van der Waals surface area contributed by atoms with Crippen LogP contribution in [-0.2, 0) is 31.9 Å². The number of aliphatic hydroxyl groups is 2. The maximum absolute atomic E-state index is 12.5. The number of hydrogen-bond acceptors (Lipinski definition) is 7. The maximum atomic E-state index is 12.5. The van der Waals surface area contributed by atoms with Gasteiger partial charge in [-0.1, -0.05) is 71.1 Å². The normalized spacial score (nSPS) is 24.5. The molecule has 3 aliphatic rings. The van der Waals surface area contributed by atoms with Gasteiger partial charge in [-0.25, -0.2) is 4.79 Å². The summed E-state index contributed by atoms with van der Waals surface area (Å²) >= 11 is 0. The molecule has 0 atom stereocenters. The van der Waals surface area contributed by atoms with Crippen LogP contribution in [-0.4, -0.2) is 55.2 Å². The second-order valence-corrected chi connectivity index (χ2v) is 20.0. The third-order valence-corrected chi connectivity index (χ3v) is 14.1. The van der Waals surface area contributed by atoms with Crippen LogP contribution in [0.2, 0.25) is 0 Å². The van der Waals surface area contributed by atoms with Crippen molar-refractivity contribution in [1.82, 2.24) is 0 Å². The highest BCUT2D eigenvalue weighted by atomic mass is 16.5. The molecular weight excluding hydrogens is 713 g/mol. The van der Waals surface area contributed by atoms with Crippen molar-refractivity contribution in [2.24, 2.45) is 40.4 Å². The maximum Gasteiger partial charge on any atom is 0.333 e. The lowest BCUT2D eigenvalue weighted by Crippen LogP contribution is -2.29. The molecule has 4 rings (SSSR count). The van der Waals surface area contributed by atoms with Crippen LogP contribution < -0.4 is 4.74 Å². The van der Waals surface area contributed by atoms with Gasteiger partial charge in [0.2, 0.25) is 0 Å². The van der Waals surface area contributed by atoms with Crippen molar-refractivity contribution in [3.63, 3.8) is 0 Å². The average molecular weight is 795 g/mol. The third kappa shape index (κ3) is 15.0. The molecule has 0 heterocycles. The van der Waals surface area contributed by atoms with E-state index in [-0.39, 0.29) is 25.2 Å². The summed E-state index contributed by atoms with van der Waals surface area (Å²) in [5, 5.41) is 19.9. The number of esters is 2. The number of carbonyl (C=O) groups excluding carboxylic acids is 2. The number of benzene rings is 1. The van der Waals surface area contributed by atoms with Gasteiger partial charge in [0.05, 0.1) is 38.4 Å². The number of aryl methyl sites for hydroxylation is 2. The summed E-state index contributed by atoms with van der Waals surface area (Å²) < 4.78 is 17.7. The van der Waals surface area contributed by atoms with Crippen molar-refractivity contribution >= 4 is 11.9 Å². The van der Waals surface area contributed by atoms with Gasteiger partial charge in [-0.05, 0) is 176 Å². The first-order valence-corrected chi connectivity index (χ1v) is 23.3. The molecule has 1 aromatic rings. The second-order valence-electron chi connectivity index (χ2n) is 20.0. The van der Waals surface area contributed by atoms with E-state index in [1.165, 1.54) is 108 Å². The van der Waals surface area contributed by atoms with E-state index in [1.807, 2.05) is 27.7 Å². The molecule has 7 heteroatoms. The Morgan fingerprint density at radius 2 is 1.19 bits per heavy atom. The second kappa shape index (κ2) is 23.4. The smallest absolute Gasteiger partial charge is 0.333 e. The first-order valence-electron chi connectivity index (χ1n) is 23.3. The minimum atomic E-state index is -0.636. The lowest BCUT2D eigenvalue weighted by molar-refractivity contribution is -0.153. The zero-order chi connectivity index (χ0) is 41.4. The molecule has 324 valence electrons. The molecule has 0 spiro atoms. The van der Waals surface area contributed by atoms with Crippen LogP contribution in [0.1, 0.15) is 186 Å². The van der Waals surface area contributed by atoms with Gasteiger partial charge in [0.1, 0.15) is 5.75 Å². The molecule has 3 saturated carbocycles. The van der Waals surface area contributed by atoms with E-state index < -0.39 is 10.8 Å². The van der Waals surface area contributed by atoms with Gasteiger partial charge < -0.3 is 24.4 Å². The van der Waals surface area contributed by atoms with Crippen LogP contribution >= 0.6 is 0 Å². The van der Waals surface area contributed by atoms with Gasteiger partial charge >= 0.3 is 11.9 Å². The minimum absolute atomic E-state index is 0.122. The van der Waals surface area contributed by atoms with Crippen LogP contribution in [0.3, 0.4) is 0 Å². The van der Waals surface area contributed by atoms with E-state index in [9.17, 15) is 19.8 Å². The summed E-state index contributed by atoms with van der Waals surface area (Å²) in [6.07, 6.45) is 25.6. The number of rotatable bonds is 22. The number of aliphatic hydroxyl groups excluding tert-OH is 2. The topological polar surface area (TPSA) is 102 Å². The quantitative estimate of drug-likeness (QED) is 0.0684. The molecular formula is C50H82O7. The fourth-order valence-electron chi connectivity index (χ4n) is 10.0. The van der Waals surface area contributed by atoms with Crippen LogP contribution in [0.5, 0.6) is 5.75 Å². The van der Waals surface area contributed by atoms with E-state index >= 15 is 0 Å². The van der Waals surface area contributed by atoms with E-state index in [2.05, 4.69) is 25.6 Å². The van der Waals surface area contributed by atoms with Crippen molar-refractivity contribution in [3.05, 3.63) is 41.0 Å². The average Bonchev–Trinajstić information content (AvgIpc) is 3.21. The molecule has 2 N–H and O–H groups in total. The zero-order valence-corrected chi connectivity index (χ0v) is 37.1. The molecule has 0 bridgehead atoms. The summed E-state index contributed by atoms with van der Waals surface area (Å²) in [6, 6.07) is 4.68. The highest BCUT2D eigenvalue weighted by molar-refractivity contribution is 5.86. The van der Waals surface area contributed by atoms with Gasteiger partial charge in [0.15, 0.2) is 0 Å². The Balaban J connectivity index is 1.42. The van der Waals surface area contributed by atoms with Crippen molar-refractivity contribution in [2.45, 2.75) is 182 Å². The molecule has 0 aliphatic heterocycles. The van der Waals surface area contributed by atoms with Gasteiger partial charge in [-0.15, -0.1) is 0 Å². The number of carbonyl (C=O) groups is 2. The zero-order valence-electron chi connectivity index (χ0n) is 37.1. The Kier molecular flexibility index (Phi) is 19.4. The first-order chi connectivity index (χ1) is 27.3. The Labute approximate surface area is 347 Å². The third-order valence-electron chi connectivity index (χ3n) is 14.1. The highest BCUT2D eigenvalue weighted by Crippen LogP contribution is 2.48. The number of hydrogen-bond donors (Lipinski definition) is 2. The Morgan fingerprint density at radius 1 is 0.702 bits per heavy atom. The summed E-state index contributed by atoms with van der Waals surface area (Å²) in [7, 11) is 0. The number of ether oxygens (including phenoxy) is 3. The van der Waals surface area contributed by atoms with Crippen LogP contribution in [0, 0.1) is 40.4 Å². The van der Waals surface area contributed by atoms with Crippen LogP contribution in [0.25, 0.3) is 0 Å². The molecule has 0 unspecified atom stereocenters. The molecule has 0 saturated heterocycles. The molecule has 3 aliphatic carbocycles. The molecule has 0 aromatic heterocycles. The Hall–Kier alpha value is -2.38. The number of unbranched alkanes of at least 4 members (excludes halogenated alkanes) is 2. The summed E-state index contributed by atoms with van der Waals surface area (Å²) in [5.41, 5.74) is 2.78. The van der Waals surface area contributed by atoms with Crippen LogP contribution in [0.15, 0.2) is 24.3 Å². The molecule has 7 nitrogen and oxygen atoms in total. The molecule has 1 aromatic carbocycles. The van der Waals surface area contributed by atoms with E-state index in [4.69, 9.17) is 14.2 Å². The fourth-order valence-corrected chi connectivity index (χ4v) is 10.0. The van der Waals surface area contributed by atoms with Gasteiger partial charge in [-0.2, -0.15) is 0 Å². The fraction of sp³-hybridized carbons (Fsp3) is 0.800. The molecule has 3 fully saturated rings. The highest BCUT2D eigenvalue weighted by Gasteiger charge is 2.35. The Bertz CT molecular complexity index is 1370. The lowest BCUT2D eigenvalue weighted by Gasteiger charge is -2.41. The molecule has 0 amide bonds. The first kappa shape index (κ1) is 47.3. The van der Waals surface area contributed by atoms with Gasteiger partial charge in [0, 0.05) is 11.0 Å². The van der Waals surface area contributed by atoms with Gasteiger partial charge in [0.25, 0.3) is 0 Å². The van der Waals surface area contributed by atoms with Gasteiger partial charge in [-0.3, -0.25) is 4.79 Å². The van der Waals surface area contributed by atoms with Crippen molar-refractivity contribution in [2.75, 3.05) is 33.0 Å². The van der Waals surface area contributed by atoms with E-state index in [0.717, 1.165) is 46.5 Å². The standard InChI is InChI=1S/C50H82O7/c1-8-9-10-13-37-16-18-38(19-17-37)39-20-22-40(23-21-39)41-24-26-42(27-25-41)45-32-43(14-11-29-56-47(53)36(2)3)46(55-31-28-50(7,34-51)35-52)44(33-45)15-12-30-57-48(54)49(4,5)6/h32-33,37-42,51-52H,2,8-31,34-35H2,1,3-7H3. The summed E-state index contributed by atoms with van der Waals surface area (Å²) in [5.74, 6) is 5.43. The monoisotopic (exact) mass is 795 g/mol. The van der Waals surface area contributed by atoms with E-state index in [1.54, 1.807) is 6.92 Å². The van der Waals surface area contributed by atoms with Crippen molar-refractivity contribution in [1.29, 1.82) is 0 Å².